The Morgan fingerprint density at radius 2 is 1.83 bits per heavy atom. The molecule has 2 nitrogen and oxygen atoms in total. The highest BCUT2D eigenvalue weighted by Crippen LogP contribution is 2.18. The molecule has 0 aliphatic heterocycles. The van der Waals surface area contributed by atoms with Crippen LogP contribution >= 0.6 is 10.9 Å². The van der Waals surface area contributed by atoms with Gasteiger partial charge in [0.1, 0.15) is 0 Å². The van der Waals surface area contributed by atoms with E-state index in [1.807, 2.05) is 42.8 Å². The minimum absolute atomic E-state index is 0.121. The van der Waals surface area contributed by atoms with E-state index < -0.39 is 10.9 Å². The van der Waals surface area contributed by atoms with Gasteiger partial charge in [0.2, 0.25) is 0 Å². The quantitative estimate of drug-likeness (QED) is 0.643. The Hall–Kier alpha value is -0.960. The number of anilines is 1. The molecule has 0 saturated carbocycles. The van der Waals surface area contributed by atoms with E-state index in [0.717, 1.165) is 5.69 Å². The number of hydrogen-bond donors (Lipinski definition) is 2. The first-order valence-electron chi connectivity index (χ1n) is 3.73. The van der Waals surface area contributed by atoms with Gasteiger partial charge in [-0.1, -0.05) is 18.2 Å². The molecule has 1 aromatic rings. The zero-order valence-electron chi connectivity index (χ0n) is 7.24. The summed E-state index contributed by atoms with van der Waals surface area (Å²) in [5.74, 6) is 0. The van der Waals surface area contributed by atoms with Gasteiger partial charge in [0.15, 0.2) is 0 Å². The van der Waals surface area contributed by atoms with E-state index in [-0.39, 0.29) is 5.24 Å². The van der Waals surface area contributed by atoms with Crippen molar-refractivity contribution in [2.75, 3.05) is 17.8 Å². The van der Waals surface area contributed by atoms with Crippen LogP contribution in [0.5, 0.6) is 0 Å². The number of para-hydroxylation sites is 1. The molecular formula is C9H13NOS. The SMILES string of the molecule is C[SH](C)C(=O)Nc1ccccc1. The molecule has 0 aliphatic carbocycles. The van der Waals surface area contributed by atoms with Crippen molar-refractivity contribution in [3.8, 4) is 0 Å². The molecule has 0 saturated heterocycles. The Morgan fingerprint density at radius 1 is 1.25 bits per heavy atom. The first-order valence-corrected chi connectivity index (χ1v) is 5.97. The average Bonchev–Trinajstić information content (AvgIpc) is 2.06. The molecule has 0 heterocycles. The minimum Gasteiger partial charge on any atom is -0.318 e. The van der Waals surface area contributed by atoms with Gasteiger partial charge in [-0.2, -0.15) is 10.9 Å². The van der Waals surface area contributed by atoms with Crippen LogP contribution in [0, 0.1) is 0 Å². The van der Waals surface area contributed by atoms with Gasteiger partial charge >= 0.3 is 0 Å². The maximum Gasteiger partial charge on any atom is 0.263 e. The monoisotopic (exact) mass is 183 g/mol. The third kappa shape index (κ3) is 2.58. The fourth-order valence-corrected chi connectivity index (χ4v) is 1.11. The fraction of sp³-hybridized carbons (Fsp3) is 0.222. The first kappa shape index (κ1) is 9.13. The first-order chi connectivity index (χ1) is 5.70. The van der Waals surface area contributed by atoms with Crippen LogP contribution in [0.1, 0.15) is 0 Å². The molecule has 0 aromatic heterocycles. The third-order valence-electron chi connectivity index (χ3n) is 1.43. The molecule has 0 atom stereocenters. The number of nitrogens with one attached hydrogen (secondary N) is 1. The standard InChI is InChI=1S/C9H13NOS/c1-12(2)9(11)10-8-6-4-3-5-7-8/h3-7,12H,1-2H3,(H,10,11). The maximum absolute atomic E-state index is 11.2. The van der Waals surface area contributed by atoms with Crippen molar-refractivity contribution >= 4 is 21.8 Å². The highest BCUT2D eigenvalue weighted by Gasteiger charge is 2.01. The van der Waals surface area contributed by atoms with Gasteiger partial charge in [-0.3, -0.25) is 4.79 Å². The lowest BCUT2D eigenvalue weighted by Crippen LogP contribution is -2.07. The normalized spacial score (nSPS) is 10.7. The van der Waals surface area contributed by atoms with Gasteiger partial charge in [0.05, 0.1) is 0 Å². The van der Waals surface area contributed by atoms with Crippen molar-refractivity contribution in [2.45, 2.75) is 0 Å². The summed E-state index contributed by atoms with van der Waals surface area (Å²) in [4.78, 5) is 11.2. The third-order valence-corrected chi connectivity index (χ3v) is 2.36. The molecule has 12 heavy (non-hydrogen) atoms. The number of amides is 1. The van der Waals surface area contributed by atoms with Crippen molar-refractivity contribution in [3.05, 3.63) is 30.3 Å². The van der Waals surface area contributed by atoms with Gasteiger partial charge in [0.25, 0.3) is 5.24 Å². The lowest BCUT2D eigenvalue weighted by atomic mass is 10.3. The molecule has 0 aliphatic rings. The molecule has 1 N–H and O–H groups in total. The molecule has 3 heteroatoms. The van der Waals surface area contributed by atoms with Crippen LogP contribution in [-0.2, 0) is 0 Å². The van der Waals surface area contributed by atoms with Gasteiger partial charge in [-0.25, -0.2) is 0 Å². The smallest absolute Gasteiger partial charge is 0.263 e. The largest absolute Gasteiger partial charge is 0.318 e. The van der Waals surface area contributed by atoms with E-state index in [9.17, 15) is 4.79 Å². The number of thiol groups is 1. The second kappa shape index (κ2) is 4.16. The lowest BCUT2D eigenvalue weighted by Gasteiger charge is -2.09. The molecular weight excluding hydrogens is 170 g/mol. The van der Waals surface area contributed by atoms with Crippen LogP contribution in [0.25, 0.3) is 0 Å². The highest BCUT2D eigenvalue weighted by atomic mass is 32.2. The zero-order chi connectivity index (χ0) is 8.97. The lowest BCUT2D eigenvalue weighted by molar-refractivity contribution is 0.269. The minimum atomic E-state index is -0.535. The van der Waals surface area contributed by atoms with Crippen LogP contribution in [0.2, 0.25) is 0 Å². The Bertz CT molecular complexity index is 258. The van der Waals surface area contributed by atoms with Gasteiger partial charge in [-0.15, -0.1) is 0 Å². The van der Waals surface area contributed by atoms with E-state index in [0.29, 0.717) is 0 Å². The molecule has 0 bridgehead atoms. The van der Waals surface area contributed by atoms with Crippen molar-refractivity contribution in [3.63, 3.8) is 0 Å². The Morgan fingerprint density at radius 3 is 2.33 bits per heavy atom. The van der Waals surface area contributed by atoms with E-state index in [1.165, 1.54) is 0 Å². The number of rotatable bonds is 1. The summed E-state index contributed by atoms with van der Waals surface area (Å²) >= 11 is 0. The Balaban J connectivity index is 2.59. The molecule has 66 valence electrons. The van der Waals surface area contributed by atoms with E-state index in [1.54, 1.807) is 0 Å². The van der Waals surface area contributed by atoms with Crippen LogP contribution < -0.4 is 5.32 Å². The fourth-order valence-electron chi connectivity index (χ4n) is 0.757. The predicted molar refractivity (Wildman–Crippen MR) is 56.3 cm³/mol. The summed E-state index contributed by atoms with van der Waals surface area (Å²) in [7, 11) is -0.535. The van der Waals surface area contributed by atoms with Crippen LogP contribution in [0.15, 0.2) is 30.3 Å². The summed E-state index contributed by atoms with van der Waals surface area (Å²) < 4.78 is 0. The van der Waals surface area contributed by atoms with Gasteiger partial charge < -0.3 is 5.32 Å². The molecule has 1 aromatic carbocycles. The van der Waals surface area contributed by atoms with Crippen LogP contribution in [-0.4, -0.2) is 17.8 Å². The highest BCUT2D eigenvalue weighted by molar-refractivity contribution is 8.28. The molecule has 1 rings (SSSR count). The summed E-state index contributed by atoms with van der Waals surface area (Å²) in [6.07, 6.45) is 3.88. The van der Waals surface area contributed by atoms with Crippen LogP contribution in [0.4, 0.5) is 10.5 Å². The summed E-state index contributed by atoms with van der Waals surface area (Å²) in [6.45, 7) is 0. The Labute approximate surface area is 75.3 Å². The average molecular weight is 183 g/mol. The summed E-state index contributed by atoms with van der Waals surface area (Å²) in [6, 6.07) is 9.51. The molecule has 0 fully saturated rings. The van der Waals surface area contributed by atoms with Crippen molar-refractivity contribution in [2.24, 2.45) is 0 Å². The molecule has 0 radical (unpaired) electrons. The number of benzene rings is 1. The van der Waals surface area contributed by atoms with E-state index in [2.05, 4.69) is 5.32 Å². The topological polar surface area (TPSA) is 29.1 Å². The summed E-state index contributed by atoms with van der Waals surface area (Å²) in [5.41, 5.74) is 0.874. The van der Waals surface area contributed by atoms with E-state index >= 15 is 0 Å². The maximum atomic E-state index is 11.2. The van der Waals surface area contributed by atoms with Crippen molar-refractivity contribution in [1.82, 2.24) is 0 Å². The second-order valence-electron chi connectivity index (χ2n) is 2.69. The predicted octanol–water partition coefficient (Wildman–Crippen LogP) is 2.48. The second-order valence-corrected chi connectivity index (χ2v) is 4.89. The molecule has 0 unspecified atom stereocenters. The number of carbonyl (C=O) groups excluding carboxylic acids is 1. The van der Waals surface area contributed by atoms with E-state index in [4.69, 9.17) is 0 Å². The van der Waals surface area contributed by atoms with Crippen molar-refractivity contribution in [1.29, 1.82) is 0 Å². The van der Waals surface area contributed by atoms with Crippen LogP contribution in [0.3, 0.4) is 0 Å². The van der Waals surface area contributed by atoms with Gasteiger partial charge in [0, 0.05) is 5.69 Å². The summed E-state index contributed by atoms with van der Waals surface area (Å²) in [5, 5.41) is 2.95. The zero-order valence-corrected chi connectivity index (χ0v) is 8.14. The number of hydrogen-bond acceptors (Lipinski definition) is 1. The molecule has 1 amide bonds. The van der Waals surface area contributed by atoms with Gasteiger partial charge in [-0.05, 0) is 24.6 Å². The molecule has 0 spiro atoms. The van der Waals surface area contributed by atoms with Crippen molar-refractivity contribution < 1.29 is 4.79 Å². The number of carbonyl (C=O) groups is 1. The Kier molecular flexibility index (Phi) is 3.17.